The van der Waals surface area contributed by atoms with Crippen molar-refractivity contribution in [1.82, 2.24) is 4.90 Å². The van der Waals surface area contributed by atoms with Crippen molar-refractivity contribution in [2.24, 2.45) is 5.73 Å². The Kier molecular flexibility index (Phi) is 6.80. The van der Waals surface area contributed by atoms with Crippen LogP contribution in [0.5, 0.6) is 0 Å². The number of piperidine rings is 1. The molecule has 1 fully saturated rings. The maximum absolute atomic E-state index is 12.7. The van der Waals surface area contributed by atoms with E-state index in [0.29, 0.717) is 11.6 Å². The van der Waals surface area contributed by atoms with Gasteiger partial charge in [0.25, 0.3) is 5.91 Å². The number of nitrogens with two attached hydrogens (primary N) is 1. The van der Waals surface area contributed by atoms with E-state index in [1.807, 2.05) is 24.0 Å². The number of hydrogen-bond donors (Lipinski definition) is 1. The van der Waals surface area contributed by atoms with Gasteiger partial charge in [-0.25, -0.2) is 0 Å². The van der Waals surface area contributed by atoms with Gasteiger partial charge in [0.15, 0.2) is 0 Å². The molecule has 20 heavy (non-hydrogen) atoms. The third-order valence-corrected chi connectivity index (χ3v) is 4.05. The van der Waals surface area contributed by atoms with Crippen molar-refractivity contribution in [3.63, 3.8) is 0 Å². The van der Waals surface area contributed by atoms with Crippen LogP contribution < -0.4 is 5.73 Å². The van der Waals surface area contributed by atoms with E-state index in [4.69, 9.17) is 17.3 Å². The first-order chi connectivity index (χ1) is 9.13. The zero-order chi connectivity index (χ0) is 13.8. The predicted molar refractivity (Wildman–Crippen MR) is 85.8 cm³/mol. The first-order valence-electron chi connectivity index (χ1n) is 6.90. The van der Waals surface area contributed by atoms with Gasteiger partial charge in [-0.2, -0.15) is 0 Å². The van der Waals surface area contributed by atoms with Crippen molar-refractivity contribution >= 4 is 29.9 Å². The van der Waals surface area contributed by atoms with E-state index in [1.165, 1.54) is 6.42 Å². The number of halogens is 2. The first-order valence-corrected chi connectivity index (χ1v) is 7.28. The largest absolute Gasteiger partial charge is 0.336 e. The highest BCUT2D eigenvalue weighted by molar-refractivity contribution is 6.31. The Hall–Kier alpha value is -0.770. The molecule has 5 heteroatoms. The zero-order valence-corrected chi connectivity index (χ0v) is 13.3. The molecule has 1 aromatic rings. The van der Waals surface area contributed by atoms with E-state index in [2.05, 4.69) is 0 Å². The standard InChI is InChI=1S/C15H21ClN2O.ClH/c1-11-5-6-12(16)10-14(11)15(19)18-9-3-2-4-13(18)7-8-17;/h5-6,10,13H,2-4,7-9,17H2,1H3;1H. The molecule has 0 bridgehead atoms. The predicted octanol–water partition coefficient (Wildman–Crippen LogP) is 3.41. The van der Waals surface area contributed by atoms with Gasteiger partial charge in [0.05, 0.1) is 0 Å². The van der Waals surface area contributed by atoms with Crippen LogP contribution in [0.25, 0.3) is 0 Å². The lowest BCUT2D eigenvalue weighted by atomic mass is 9.97. The summed E-state index contributed by atoms with van der Waals surface area (Å²) in [7, 11) is 0. The Balaban J connectivity index is 0.00000200. The summed E-state index contributed by atoms with van der Waals surface area (Å²) in [5.74, 6) is 0.0955. The molecule has 1 atom stereocenters. The average molecular weight is 317 g/mol. The van der Waals surface area contributed by atoms with E-state index in [0.717, 1.165) is 36.9 Å². The molecule has 3 nitrogen and oxygen atoms in total. The van der Waals surface area contributed by atoms with Crippen LogP contribution >= 0.6 is 24.0 Å². The molecular formula is C15H22Cl2N2O. The Labute approximate surface area is 131 Å². The summed E-state index contributed by atoms with van der Waals surface area (Å²) in [6, 6.07) is 5.77. The maximum atomic E-state index is 12.7. The van der Waals surface area contributed by atoms with Gasteiger partial charge in [-0.3, -0.25) is 4.79 Å². The minimum Gasteiger partial charge on any atom is -0.336 e. The lowest BCUT2D eigenvalue weighted by molar-refractivity contribution is 0.0604. The fourth-order valence-electron chi connectivity index (χ4n) is 2.74. The van der Waals surface area contributed by atoms with Crippen LogP contribution in [0, 0.1) is 6.92 Å². The Morgan fingerprint density at radius 3 is 2.90 bits per heavy atom. The number of amides is 1. The molecule has 1 heterocycles. The molecule has 0 radical (unpaired) electrons. The number of rotatable bonds is 3. The van der Waals surface area contributed by atoms with E-state index in [-0.39, 0.29) is 24.4 Å². The molecule has 1 saturated heterocycles. The van der Waals surface area contributed by atoms with Gasteiger partial charge in [0, 0.05) is 23.2 Å². The topological polar surface area (TPSA) is 46.3 Å². The van der Waals surface area contributed by atoms with Crippen LogP contribution in [-0.2, 0) is 0 Å². The number of carbonyl (C=O) groups excluding carboxylic acids is 1. The average Bonchev–Trinajstić information content (AvgIpc) is 2.42. The quantitative estimate of drug-likeness (QED) is 0.928. The summed E-state index contributed by atoms with van der Waals surface area (Å²) < 4.78 is 0. The van der Waals surface area contributed by atoms with Crippen molar-refractivity contribution in [2.45, 2.75) is 38.6 Å². The van der Waals surface area contributed by atoms with Crippen molar-refractivity contribution < 1.29 is 4.79 Å². The molecule has 1 aliphatic heterocycles. The minimum absolute atomic E-state index is 0. The molecule has 0 aliphatic carbocycles. The van der Waals surface area contributed by atoms with Gasteiger partial charge in [0.2, 0.25) is 0 Å². The lowest BCUT2D eigenvalue weighted by Gasteiger charge is -2.36. The van der Waals surface area contributed by atoms with Gasteiger partial charge in [-0.1, -0.05) is 17.7 Å². The normalized spacial score (nSPS) is 18.6. The number of benzene rings is 1. The number of likely N-dealkylation sites (tertiary alicyclic amines) is 1. The third-order valence-electron chi connectivity index (χ3n) is 3.82. The van der Waals surface area contributed by atoms with Gasteiger partial charge in [-0.15, -0.1) is 12.4 Å². The van der Waals surface area contributed by atoms with E-state index in [9.17, 15) is 4.79 Å². The number of nitrogens with zero attached hydrogens (tertiary/aromatic N) is 1. The van der Waals surface area contributed by atoms with Crippen LogP contribution in [-0.4, -0.2) is 29.9 Å². The molecule has 2 rings (SSSR count). The molecule has 112 valence electrons. The molecule has 1 aliphatic rings. The molecule has 1 aromatic carbocycles. The number of aryl methyl sites for hydroxylation is 1. The minimum atomic E-state index is 0. The van der Waals surface area contributed by atoms with Gasteiger partial charge >= 0.3 is 0 Å². The second-order valence-corrected chi connectivity index (χ2v) is 5.62. The lowest BCUT2D eigenvalue weighted by Crippen LogP contribution is -2.44. The second-order valence-electron chi connectivity index (χ2n) is 5.18. The molecular weight excluding hydrogens is 295 g/mol. The third kappa shape index (κ3) is 3.87. The van der Waals surface area contributed by atoms with Gasteiger partial charge in [-0.05, 0) is 56.8 Å². The highest BCUT2D eigenvalue weighted by atomic mass is 35.5. The summed E-state index contributed by atoms with van der Waals surface area (Å²) in [5.41, 5.74) is 7.35. The fourth-order valence-corrected chi connectivity index (χ4v) is 2.91. The van der Waals surface area contributed by atoms with Crippen LogP contribution in [0.3, 0.4) is 0 Å². The molecule has 1 amide bonds. The second kappa shape index (κ2) is 7.87. The molecule has 0 aromatic heterocycles. The molecule has 2 N–H and O–H groups in total. The molecule has 0 saturated carbocycles. The summed E-state index contributed by atoms with van der Waals surface area (Å²) in [6.45, 7) is 3.41. The van der Waals surface area contributed by atoms with Gasteiger partial charge in [0.1, 0.15) is 0 Å². The summed E-state index contributed by atoms with van der Waals surface area (Å²) in [4.78, 5) is 14.7. The van der Waals surface area contributed by atoms with Crippen molar-refractivity contribution in [1.29, 1.82) is 0 Å². The van der Waals surface area contributed by atoms with E-state index < -0.39 is 0 Å². The SMILES string of the molecule is Cc1ccc(Cl)cc1C(=O)N1CCCCC1CCN.Cl. The smallest absolute Gasteiger partial charge is 0.254 e. The maximum Gasteiger partial charge on any atom is 0.254 e. The van der Waals surface area contributed by atoms with Crippen LogP contribution in [0.15, 0.2) is 18.2 Å². The van der Waals surface area contributed by atoms with Crippen molar-refractivity contribution in [3.05, 3.63) is 34.3 Å². The van der Waals surface area contributed by atoms with Crippen molar-refractivity contribution in [3.8, 4) is 0 Å². The van der Waals surface area contributed by atoms with Crippen LogP contribution in [0.1, 0.15) is 41.6 Å². The van der Waals surface area contributed by atoms with E-state index >= 15 is 0 Å². The Morgan fingerprint density at radius 1 is 1.45 bits per heavy atom. The number of hydrogen-bond acceptors (Lipinski definition) is 2. The first kappa shape index (κ1) is 17.3. The monoisotopic (exact) mass is 316 g/mol. The fraction of sp³-hybridized carbons (Fsp3) is 0.533. The van der Waals surface area contributed by atoms with Gasteiger partial charge < -0.3 is 10.6 Å². The highest BCUT2D eigenvalue weighted by Crippen LogP contribution is 2.24. The Bertz CT molecular complexity index is 463. The summed E-state index contributed by atoms with van der Waals surface area (Å²) in [6.07, 6.45) is 4.20. The highest BCUT2D eigenvalue weighted by Gasteiger charge is 2.27. The van der Waals surface area contributed by atoms with Crippen molar-refractivity contribution in [2.75, 3.05) is 13.1 Å². The summed E-state index contributed by atoms with van der Waals surface area (Å²) in [5, 5.41) is 0.612. The summed E-state index contributed by atoms with van der Waals surface area (Å²) >= 11 is 6.01. The number of carbonyl (C=O) groups is 1. The van der Waals surface area contributed by atoms with Crippen LogP contribution in [0.4, 0.5) is 0 Å². The Morgan fingerprint density at radius 2 is 2.20 bits per heavy atom. The molecule has 1 unspecified atom stereocenters. The zero-order valence-electron chi connectivity index (χ0n) is 11.8. The van der Waals surface area contributed by atoms with E-state index in [1.54, 1.807) is 6.07 Å². The van der Waals surface area contributed by atoms with Crippen LogP contribution in [0.2, 0.25) is 5.02 Å². The molecule has 0 spiro atoms.